The van der Waals surface area contributed by atoms with Crippen molar-refractivity contribution in [3.05, 3.63) is 38.9 Å². The van der Waals surface area contributed by atoms with E-state index in [0.29, 0.717) is 13.1 Å². The highest BCUT2D eigenvalue weighted by Crippen LogP contribution is 2.23. The largest absolute Gasteiger partial charge is 0.340 e. The molecule has 0 N–H and O–H groups in total. The smallest absolute Gasteiger partial charge is 0.270 e. The van der Waals surface area contributed by atoms with Crippen LogP contribution in [0, 0.1) is 10.1 Å². The summed E-state index contributed by atoms with van der Waals surface area (Å²) >= 11 is 5.92. The molecule has 6 nitrogen and oxygen atoms in total. The van der Waals surface area contributed by atoms with Crippen LogP contribution in [0.2, 0.25) is 5.02 Å². The zero-order valence-electron chi connectivity index (χ0n) is 11.1. The lowest BCUT2D eigenvalue weighted by Crippen LogP contribution is -2.33. The van der Waals surface area contributed by atoms with E-state index in [-0.39, 0.29) is 22.2 Å². The molecule has 1 rings (SSSR count). The van der Waals surface area contributed by atoms with E-state index in [9.17, 15) is 14.9 Å². The van der Waals surface area contributed by atoms with E-state index in [2.05, 4.69) is 0 Å². The fraction of sp³-hybridized carbons (Fsp3) is 0.417. The fourth-order valence-corrected chi connectivity index (χ4v) is 1.65. The van der Waals surface area contributed by atoms with Crippen molar-refractivity contribution in [2.75, 3.05) is 34.2 Å². The van der Waals surface area contributed by atoms with Crippen LogP contribution >= 0.6 is 11.6 Å². The summed E-state index contributed by atoms with van der Waals surface area (Å²) in [6.45, 7) is 1.22. The van der Waals surface area contributed by atoms with Gasteiger partial charge in [0, 0.05) is 32.3 Å². The first-order valence-corrected chi connectivity index (χ1v) is 6.05. The van der Waals surface area contributed by atoms with E-state index < -0.39 is 4.92 Å². The highest BCUT2D eigenvalue weighted by atomic mass is 35.5. The molecule has 0 bridgehead atoms. The van der Waals surface area contributed by atoms with Gasteiger partial charge in [0.1, 0.15) is 0 Å². The molecule has 0 spiro atoms. The first-order valence-electron chi connectivity index (χ1n) is 5.67. The normalized spacial score (nSPS) is 10.6. The maximum atomic E-state index is 12.2. The number of benzene rings is 1. The van der Waals surface area contributed by atoms with Gasteiger partial charge in [-0.3, -0.25) is 14.9 Å². The molecule has 0 fully saturated rings. The average molecular weight is 286 g/mol. The third-order valence-electron chi connectivity index (χ3n) is 2.62. The summed E-state index contributed by atoms with van der Waals surface area (Å²) in [5.41, 5.74) is 0.00545. The maximum absolute atomic E-state index is 12.2. The minimum atomic E-state index is -0.549. The van der Waals surface area contributed by atoms with Crippen LogP contribution in [0.5, 0.6) is 0 Å². The minimum absolute atomic E-state index is 0.145. The number of non-ortho nitro benzene ring substituents is 1. The molecule has 104 valence electrons. The summed E-state index contributed by atoms with van der Waals surface area (Å²) in [5, 5.41) is 10.9. The molecular weight excluding hydrogens is 270 g/mol. The van der Waals surface area contributed by atoms with Gasteiger partial charge in [-0.05, 0) is 20.2 Å². The molecule has 0 aliphatic carbocycles. The number of halogens is 1. The standard InChI is InChI=1S/C12H16ClN3O3/c1-14(2)6-7-15(3)12(17)10-8-9(16(18)19)4-5-11(10)13/h4-5,8H,6-7H2,1-3H3. The van der Waals surface area contributed by atoms with Crippen LogP contribution < -0.4 is 0 Å². The van der Waals surface area contributed by atoms with Crippen LogP contribution in [0.15, 0.2) is 18.2 Å². The quantitative estimate of drug-likeness (QED) is 0.612. The molecule has 0 saturated heterocycles. The van der Waals surface area contributed by atoms with Crippen LogP contribution in [-0.4, -0.2) is 54.9 Å². The van der Waals surface area contributed by atoms with Crippen molar-refractivity contribution in [1.82, 2.24) is 9.80 Å². The second-order valence-corrected chi connectivity index (χ2v) is 4.86. The molecule has 1 aromatic rings. The number of hydrogen-bond donors (Lipinski definition) is 0. The predicted octanol–water partition coefficient (Wildman–Crippen LogP) is 1.88. The second-order valence-electron chi connectivity index (χ2n) is 4.45. The Morgan fingerprint density at radius 2 is 1.95 bits per heavy atom. The molecular formula is C12H16ClN3O3. The van der Waals surface area contributed by atoms with E-state index in [4.69, 9.17) is 11.6 Å². The molecule has 0 heterocycles. The third-order valence-corrected chi connectivity index (χ3v) is 2.95. The Kier molecular flexibility index (Phi) is 5.26. The Bertz CT molecular complexity index is 491. The van der Waals surface area contributed by atoms with Crippen LogP contribution in [0.1, 0.15) is 10.4 Å². The average Bonchev–Trinajstić information content (AvgIpc) is 2.35. The zero-order chi connectivity index (χ0) is 14.6. The van der Waals surface area contributed by atoms with Crippen LogP contribution in [-0.2, 0) is 0 Å². The van der Waals surface area contributed by atoms with E-state index >= 15 is 0 Å². The number of nitro benzene ring substituents is 1. The number of likely N-dealkylation sites (N-methyl/N-ethyl adjacent to an activating group) is 2. The van der Waals surface area contributed by atoms with Gasteiger partial charge in [-0.15, -0.1) is 0 Å². The lowest BCUT2D eigenvalue weighted by molar-refractivity contribution is -0.384. The van der Waals surface area contributed by atoms with E-state index in [1.807, 2.05) is 19.0 Å². The maximum Gasteiger partial charge on any atom is 0.270 e. The summed E-state index contributed by atoms with van der Waals surface area (Å²) in [6, 6.07) is 3.85. The highest BCUT2D eigenvalue weighted by molar-refractivity contribution is 6.33. The summed E-state index contributed by atoms with van der Waals surface area (Å²) in [6.07, 6.45) is 0. The SMILES string of the molecule is CN(C)CCN(C)C(=O)c1cc([N+](=O)[O-])ccc1Cl. The Morgan fingerprint density at radius 1 is 1.32 bits per heavy atom. The van der Waals surface area contributed by atoms with Crippen LogP contribution in [0.25, 0.3) is 0 Å². The lowest BCUT2D eigenvalue weighted by atomic mass is 10.1. The van der Waals surface area contributed by atoms with Gasteiger partial charge in [0.15, 0.2) is 0 Å². The topological polar surface area (TPSA) is 66.7 Å². The number of rotatable bonds is 5. The number of amides is 1. The van der Waals surface area contributed by atoms with Gasteiger partial charge in [-0.1, -0.05) is 11.6 Å². The molecule has 0 saturated carbocycles. The van der Waals surface area contributed by atoms with Gasteiger partial charge in [0.05, 0.1) is 15.5 Å². The lowest BCUT2D eigenvalue weighted by Gasteiger charge is -2.20. The van der Waals surface area contributed by atoms with Crippen molar-refractivity contribution >= 4 is 23.2 Å². The third kappa shape index (κ3) is 4.18. The van der Waals surface area contributed by atoms with Gasteiger partial charge in [0.2, 0.25) is 0 Å². The van der Waals surface area contributed by atoms with Crippen LogP contribution in [0.3, 0.4) is 0 Å². The van der Waals surface area contributed by atoms with E-state index in [1.54, 1.807) is 7.05 Å². The number of nitro groups is 1. The molecule has 0 unspecified atom stereocenters. The van der Waals surface area contributed by atoms with Crippen molar-refractivity contribution in [1.29, 1.82) is 0 Å². The number of hydrogen-bond acceptors (Lipinski definition) is 4. The van der Waals surface area contributed by atoms with Crippen molar-refractivity contribution in [3.8, 4) is 0 Å². The fourth-order valence-electron chi connectivity index (χ4n) is 1.45. The molecule has 1 amide bonds. The number of carbonyl (C=O) groups is 1. The first kappa shape index (κ1) is 15.4. The van der Waals surface area contributed by atoms with E-state index in [0.717, 1.165) is 0 Å². The molecule has 0 radical (unpaired) electrons. The Balaban J connectivity index is 2.92. The molecule has 1 aromatic carbocycles. The number of carbonyl (C=O) groups excluding carboxylic acids is 1. The Morgan fingerprint density at radius 3 is 2.47 bits per heavy atom. The molecule has 0 aromatic heterocycles. The Labute approximate surface area is 116 Å². The predicted molar refractivity (Wildman–Crippen MR) is 73.6 cm³/mol. The van der Waals surface area contributed by atoms with Crippen molar-refractivity contribution in [2.24, 2.45) is 0 Å². The van der Waals surface area contributed by atoms with Crippen molar-refractivity contribution in [2.45, 2.75) is 0 Å². The van der Waals surface area contributed by atoms with E-state index in [1.165, 1.54) is 23.1 Å². The van der Waals surface area contributed by atoms with Crippen LogP contribution in [0.4, 0.5) is 5.69 Å². The molecule has 0 aliphatic rings. The second kappa shape index (κ2) is 6.49. The zero-order valence-corrected chi connectivity index (χ0v) is 11.8. The minimum Gasteiger partial charge on any atom is -0.340 e. The molecule has 19 heavy (non-hydrogen) atoms. The highest BCUT2D eigenvalue weighted by Gasteiger charge is 2.18. The van der Waals surface area contributed by atoms with Gasteiger partial charge in [-0.2, -0.15) is 0 Å². The monoisotopic (exact) mass is 285 g/mol. The first-order chi connectivity index (χ1) is 8.82. The summed E-state index contributed by atoms with van der Waals surface area (Å²) in [5.74, 6) is -0.324. The van der Waals surface area contributed by atoms with Gasteiger partial charge < -0.3 is 9.80 Å². The van der Waals surface area contributed by atoms with Gasteiger partial charge in [0.25, 0.3) is 11.6 Å². The number of nitrogens with zero attached hydrogens (tertiary/aromatic N) is 3. The summed E-state index contributed by atoms with van der Waals surface area (Å²) in [7, 11) is 5.44. The van der Waals surface area contributed by atoms with Gasteiger partial charge in [-0.25, -0.2) is 0 Å². The Hall–Kier alpha value is -1.66. The van der Waals surface area contributed by atoms with Gasteiger partial charge >= 0.3 is 0 Å². The summed E-state index contributed by atoms with van der Waals surface area (Å²) < 4.78 is 0. The summed E-state index contributed by atoms with van der Waals surface area (Å²) in [4.78, 5) is 25.7. The molecule has 0 atom stereocenters. The molecule has 7 heteroatoms. The molecule has 0 aliphatic heterocycles. The van der Waals surface area contributed by atoms with Crippen molar-refractivity contribution in [3.63, 3.8) is 0 Å². The van der Waals surface area contributed by atoms with Crippen molar-refractivity contribution < 1.29 is 9.72 Å².